The molecule has 0 bridgehead atoms. The average molecular weight is 303 g/mol. The Labute approximate surface area is 122 Å². The maximum absolute atomic E-state index is 13.3. The van der Waals surface area contributed by atoms with Gasteiger partial charge in [0.15, 0.2) is 11.5 Å². The van der Waals surface area contributed by atoms with E-state index >= 15 is 0 Å². The summed E-state index contributed by atoms with van der Waals surface area (Å²) in [6.07, 6.45) is -3.50. The van der Waals surface area contributed by atoms with E-state index in [1.165, 1.54) is 0 Å². The lowest BCUT2D eigenvalue weighted by molar-refractivity contribution is -0.142. The number of aromatic nitrogens is 2. The summed E-state index contributed by atoms with van der Waals surface area (Å²) in [6.45, 7) is 6.57. The van der Waals surface area contributed by atoms with Crippen molar-refractivity contribution in [3.05, 3.63) is 22.8 Å². The number of ether oxygens (including phenoxy) is 1. The second kappa shape index (κ2) is 5.88. The molecule has 0 aromatic carbocycles. The van der Waals surface area contributed by atoms with E-state index in [0.29, 0.717) is 31.7 Å². The van der Waals surface area contributed by atoms with E-state index in [-0.39, 0.29) is 17.9 Å². The smallest absolute Gasteiger partial charge is 0.368 e. The van der Waals surface area contributed by atoms with Gasteiger partial charge < -0.3 is 10.1 Å². The monoisotopic (exact) mass is 303 g/mol. The maximum atomic E-state index is 13.3. The third-order valence-electron chi connectivity index (χ3n) is 3.81. The van der Waals surface area contributed by atoms with Crippen LogP contribution in [0.1, 0.15) is 50.0 Å². The number of nitrogens with zero attached hydrogens (tertiary/aromatic N) is 2. The van der Waals surface area contributed by atoms with Crippen LogP contribution in [0.25, 0.3) is 0 Å². The number of nitrogens with one attached hydrogen (secondary N) is 1. The lowest BCUT2D eigenvalue weighted by atomic mass is 9.99. The quantitative estimate of drug-likeness (QED) is 0.929. The van der Waals surface area contributed by atoms with Crippen molar-refractivity contribution in [1.29, 1.82) is 0 Å². The lowest BCUT2D eigenvalue weighted by Gasteiger charge is -2.29. The first-order valence-corrected chi connectivity index (χ1v) is 7.14. The van der Waals surface area contributed by atoms with Gasteiger partial charge >= 0.3 is 6.18 Å². The van der Waals surface area contributed by atoms with Gasteiger partial charge in [0.05, 0.1) is 5.69 Å². The van der Waals surface area contributed by atoms with Crippen LogP contribution in [0.4, 0.5) is 13.2 Å². The first-order valence-electron chi connectivity index (χ1n) is 7.14. The Morgan fingerprint density at radius 1 is 1.24 bits per heavy atom. The zero-order valence-electron chi connectivity index (χ0n) is 12.5. The van der Waals surface area contributed by atoms with Gasteiger partial charge in [-0.25, -0.2) is 9.97 Å². The Morgan fingerprint density at radius 3 is 2.52 bits per heavy atom. The van der Waals surface area contributed by atoms with Crippen LogP contribution >= 0.6 is 0 Å². The second-order valence-corrected chi connectivity index (χ2v) is 5.26. The molecular formula is C14H20F3N3O. The van der Waals surface area contributed by atoms with Crippen molar-refractivity contribution >= 4 is 0 Å². The summed E-state index contributed by atoms with van der Waals surface area (Å²) in [5.41, 5.74) is -1.10. The van der Waals surface area contributed by atoms with Gasteiger partial charge in [-0.05, 0) is 20.3 Å². The summed E-state index contributed by atoms with van der Waals surface area (Å²) in [4.78, 5) is 8.19. The molecule has 0 aliphatic carbocycles. The Morgan fingerprint density at radius 2 is 1.95 bits per heavy atom. The van der Waals surface area contributed by atoms with Gasteiger partial charge in [-0.3, -0.25) is 0 Å². The summed E-state index contributed by atoms with van der Waals surface area (Å²) in [6, 6.07) is 0. The highest BCUT2D eigenvalue weighted by Gasteiger charge is 2.40. The van der Waals surface area contributed by atoms with Crippen LogP contribution < -0.4 is 5.32 Å². The zero-order valence-corrected chi connectivity index (χ0v) is 12.5. The molecule has 7 heteroatoms. The molecule has 2 rings (SSSR count). The molecule has 1 unspecified atom stereocenters. The number of fused-ring (bicyclic) bond motifs is 1. The Hall–Kier alpha value is -1.21. The highest BCUT2D eigenvalue weighted by atomic mass is 19.4. The third kappa shape index (κ3) is 3.18. The Bertz CT molecular complexity index is 519. The molecule has 0 spiro atoms. The molecule has 21 heavy (non-hydrogen) atoms. The molecule has 0 fully saturated rings. The molecule has 0 radical (unpaired) electrons. The molecule has 0 saturated carbocycles. The molecule has 4 nitrogen and oxygen atoms in total. The van der Waals surface area contributed by atoms with Gasteiger partial charge in [-0.2, -0.15) is 13.2 Å². The Balaban J connectivity index is 2.58. The van der Waals surface area contributed by atoms with Crippen LogP contribution in [0.2, 0.25) is 0 Å². The van der Waals surface area contributed by atoms with Crippen LogP contribution in [0.5, 0.6) is 0 Å². The van der Waals surface area contributed by atoms with Gasteiger partial charge in [0.2, 0.25) is 0 Å². The third-order valence-corrected chi connectivity index (χ3v) is 3.81. The average Bonchev–Trinajstić information content (AvgIpc) is 2.45. The number of rotatable bonds is 4. The molecule has 2 heterocycles. The second-order valence-electron chi connectivity index (χ2n) is 5.26. The fraction of sp³-hybridized carbons (Fsp3) is 0.714. The van der Waals surface area contributed by atoms with E-state index in [2.05, 4.69) is 15.3 Å². The van der Waals surface area contributed by atoms with E-state index < -0.39 is 17.5 Å². The number of halogens is 3. The minimum Gasteiger partial charge on any atom is -0.368 e. The Kier molecular flexibility index (Phi) is 4.53. The SMILES string of the molecule is CCOC(C)(CC)c1nc2c(c(C(F)(F)F)n1)CNCC2. The predicted molar refractivity (Wildman–Crippen MR) is 71.7 cm³/mol. The standard InChI is InChI=1S/C14H20F3N3O/c1-4-13(3,21-5-2)12-19-10-6-7-18-8-9(10)11(20-12)14(15,16)17/h18H,4-8H2,1-3H3. The summed E-state index contributed by atoms with van der Waals surface area (Å²) in [5.74, 6) is 0.125. The molecule has 1 N–H and O–H groups in total. The van der Waals surface area contributed by atoms with Gasteiger partial charge in [0.1, 0.15) is 5.60 Å². The van der Waals surface area contributed by atoms with E-state index in [4.69, 9.17) is 4.74 Å². The van der Waals surface area contributed by atoms with E-state index in [9.17, 15) is 13.2 Å². The van der Waals surface area contributed by atoms with Crippen LogP contribution in [0.15, 0.2) is 0 Å². The van der Waals surface area contributed by atoms with Crippen molar-refractivity contribution in [2.75, 3.05) is 13.2 Å². The highest BCUT2D eigenvalue weighted by Crippen LogP contribution is 2.35. The highest BCUT2D eigenvalue weighted by molar-refractivity contribution is 5.31. The van der Waals surface area contributed by atoms with Gasteiger partial charge in [-0.1, -0.05) is 6.92 Å². The fourth-order valence-electron chi connectivity index (χ4n) is 2.46. The van der Waals surface area contributed by atoms with E-state index in [0.717, 1.165) is 0 Å². The van der Waals surface area contributed by atoms with Crippen molar-refractivity contribution < 1.29 is 17.9 Å². The number of alkyl halides is 3. The summed E-state index contributed by atoms with van der Waals surface area (Å²) in [5, 5.41) is 2.94. The lowest BCUT2D eigenvalue weighted by Crippen LogP contribution is -2.34. The van der Waals surface area contributed by atoms with Gasteiger partial charge in [0, 0.05) is 31.7 Å². The molecule has 1 atom stereocenters. The normalized spacial score (nSPS) is 18.2. The molecule has 1 aliphatic heterocycles. The van der Waals surface area contributed by atoms with Crippen molar-refractivity contribution in [2.24, 2.45) is 0 Å². The predicted octanol–water partition coefficient (Wildman–Crippen LogP) is 2.80. The molecule has 118 valence electrons. The van der Waals surface area contributed by atoms with Crippen molar-refractivity contribution in [3.8, 4) is 0 Å². The van der Waals surface area contributed by atoms with Crippen LogP contribution in [-0.4, -0.2) is 23.1 Å². The number of hydrogen-bond donors (Lipinski definition) is 1. The van der Waals surface area contributed by atoms with Gasteiger partial charge in [-0.15, -0.1) is 0 Å². The first-order chi connectivity index (χ1) is 9.81. The molecule has 0 amide bonds. The zero-order chi connectivity index (χ0) is 15.7. The van der Waals surface area contributed by atoms with Gasteiger partial charge in [0.25, 0.3) is 0 Å². The summed E-state index contributed by atoms with van der Waals surface area (Å²) < 4.78 is 45.4. The molecule has 0 saturated heterocycles. The molecule has 1 aromatic heterocycles. The molecule has 1 aliphatic rings. The van der Waals surface area contributed by atoms with Crippen LogP contribution in [0, 0.1) is 0 Å². The minimum absolute atomic E-state index is 0.125. The first kappa shape index (κ1) is 16.2. The topological polar surface area (TPSA) is 47.0 Å². The van der Waals surface area contributed by atoms with Crippen molar-refractivity contribution in [2.45, 2.75) is 51.9 Å². The maximum Gasteiger partial charge on any atom is 0.433 e. The molecule has 1 aromatic rings. The molecular weight excluding hydrogens is 283 g/mol. The van der Waals surface area contributed by atoms with Crippen LogP contribution in [0.3, 0.4) is 0 Å². The summed E-state index contributed by atoms with van der Waals surface area (Å²) >= 11 is 0. The van der Waals surface area contributed by atoms with Crippen molar-refractivity contribution in [1.82, 2.24) is 15.3 Å². The fourth-order valence-corrected chi connectivity index (χ4v) is 2.46. The largest absolute Gasteiger partial charge is 0.433 e. The van der Waals surface area contributed by atoms with Crippen LogP contribution in [-0.2, 0) is 29.5 Å². The summed E-state index contributed by atoms with van der Waals surface area (Å²) in [7, 11) is 0. The minimum atomic E-state index is -4.48. The number of hydrogen-bond acceptors (Lipinski definition) is 4. The van der Waals surface area contributed by atoms with E-state index in [1.807, 2.05) is 6.92 Å². The van der Waals surface area contributed by atoms with E-state index in [1.54, 1.807) is 13.8 Å². The van der Waals surface area contributed by atoms with Crippen molar-refractivity contribution in [3.63, 3.8) is 0 Å².